The van der Waals surface area contributed by atoms with Gasteiger partial charge in [0.25, 0.3) is 0 Å². The molecule has 1 N–H and O–H groups in total. The van der Waals surface area contributed by atoms with E-state index in [0.717, 1.165) is 0 Å². The van der Waals surface area contributed by atoms with E-state index in [0.29, 0.717) is 0 Å². The van der Waals surface area contributed by atoms with Gasteiger partial charge in [-0.2, -0.15) is 0 Å². The zero-order chi connectivity index (χ0) is 24.3. The summed E-state index contributed by atoms with van der Waals surface area (Å²) >= 11 is 0. The third kappa shape index (κ3) is 12.6. The first-order valence-electron chi connectivity index (χ1n) is 14.7. The molecule has 1 nitrogen and oxygen atoms in total. The van der Waals surface area contributed by atoms with Gasteiger partial charge in [0.2, 0.25) is 0 Å². The molecule has 0 saturated carbocycles. The van der Waals surface area contributed by atoms with Gasteiger partial charge in [0.05, 0.1) is 0 Å². The summed E-state index contributed by atoms with van der Waals surface area (Å²) in [5, 5.41) is 3.72. The molecule has 2 aromatic carbocycles. The Labute approximate surface area is 212 Å². The van der Waals surface area contributed by atoms with Crippen molar-refractivity contribution in [3.05, 3.63) is 59.2 Å². The van der Waals surface area contributed by atoms with Crippen molar-refractivity contribution in [1.82, 2.24) is 0 Å². The standard InChI is InChI=1S/C33H53N/c1-4-7-10-13-16-19-29-22-24-32(25-23-29)34-33-27-30(20-17-14-11-8-5-2)26-31(28-33)21-18-15-12-9-6-3/h22-28,34H,4-21H2,1-3H3. The molecule has 34 heavy (non-hydrogen) atoms. The Balaban J connectivity index is 1.94. The number of anilines is 2. The smallest absolute Gasteiger partial charge is 0.0389 e. The minimum atomic E-state index is 1.21. The molecule has 1 heteroatoms. The number of rotatable bonds is 20. The lowest BCUT2D eigenvalue weighted by Gasteiger charge is -2.13. The second-order valence-electron chi connectivity index (χ2n) is 10.4. The van der Waals surface area contributed by atoms with Gasteiger partial charge in [0, 0.05) is 11.4 Å². The third-order valence-corrected chi connectivity index (χ3v) is 7.00. The van der Waals surface area contributed by atoms with Gasteiger partial charge in [-0.25, -0.2) is 0 Å². The van der Waals surface area contributed by atoms with Gasteiger partial charge in [-0.05, 0) is 79.5 Å². The highest BCUT2D eigenvalue weighted by molar-refractivity contribution is 5.61. The molecule has 2 rings (SSSR count). The molecule has 2 aromatic rings. The minimum Gasteiger partial charge on any atom is -0.356 e. The molecule has 0 aromatic heterocycles. The lowest BCUT2D eigenvalue weighted by molar-refractivity contribution is 0.628. The summed E-state index contributed by atoms with van der Waals surface area (Å²) in [7, 11) is 0. The molecule has 0 bridgehead atoms. The Morgan fingerprint density at radius 1 is 0.412 bits per heavy atom. The molecule has 0 radical (unpaired) electrons. The van der Waals surface area contributed by atoms with Crippen LogP contribution in [0.4, 0.5) is 11.4 Å². The van der Waals surface area contributed by atoms with E-state index in [9.17, 15) is 0 Å². The molecule has 0 atom stereocenters. The van der Waals surface area contributed by atoms with Crippen LogP contribution in [-0.2, 0) is 19.3 Å². The molecule has 0 spiro atoms. The molecule has 0 unspecified atom stereocenters. The molecule has 0 aliphatic rings. The van der Waals surface area contributed by atoms with Crippen molar-refractivity contribution < 1.29 is 0 Å². The van der Waals surface area contributed by atoms with Crippen molar-refractivity contribution in [3.8, 4) is 0 Å². The first-order chi connectivity index (χ1) is 16.7. The van der Waals surface area contributed by atoms with Gasteiger partial charge in [0.15, 0.2) is 0 Å². The Kier molecular flexibility index (Phi) is 15.5. The van der Waals surface area contributed by atoms with Crippen LogP contribution in [0.5, 0.6) is 0 Å². The second kappa shape index (κ2) is 18.6. The van der Waals surface area contributed by atoms with Gasteiger partial charge in [-0.15, -0.1) is 0 Å². The number of benzene rings is 2. The summed E-state index contributed by atoms with van der Waals surface area (Å²) in [6, 6.07) is 16.4. The maximum absolute atomic E-state index is 3.72. The highest BCUT2D eigenvalue weighted by Crippen LogP contribution is 2.24. The molecule has 190 valence electrons. The maximum atomic E-state index is 3.72. The predicted molar refractivity (Wildman–Crippen MR) is 154 cm³/mol. The summed E-state index contributed by atoms with van der Waals surface area (Å²) in [6.07, 6.45) is 23.9. The van der Waals surface area contributed by atoms with E-state index in [-0.39, 0.29) is 0 Å². The van der Waals surface area contributed by atoms with E-state index in [1.807, 2.05) is 0 Å². The van der Waals surface area contributed by atoms with Gasteiger partial charge < -0.3 is 5.32 Å². The van der Waals surface area contributed by atoms with Crippen LogP contribution in [0.2, 0.25) is 0 Å². The number of aryl methyl sites for hydroxylation is 3. The minimum absolute atomic E-state index is 1.21. The predicted octanol–water partition coefficient (Wildman–Crippen LogP) is 11.0. The van der Waals surface area contributed by atoms with Crippen LogP contribution in [0, 0.1) is 0 Å². The highest BCUT2D eigenvalue weighted by Gasteiger charge is 2.04. The lowest BCUT2D eigenvalue weighted by Crippen LogP contribution is -1.97. The van der Waals surface area contributed by atoms with Crippen molar-refractivity contribution in [1.29, 1.82) is 0 Å². The van der Waals surface area contributed by atoms with E-state index < -0.39 is 0 Å². The van der Waals surface area contributed by atoms with Crippen LogP contribution in [0.15, 0.2) is 42.5 Å². The Morgan fingerprint density at radius 2 is 0.824 bits per heavy atom. The Morgan fingerprint density at radius 3 is 1.26 bits per heavy atom. The van der Waals surface area contributed by atoms with Crippen molar-refractivity contribution >= 4 is 11.4 Å². The summed E-state index contributed by atoms with van der Waals surface area (Å²) < 4.78 is 0. The monoisotopic (exact) mass is 463 g/mol. The van der Waals surface area contributed by atoms with E-state index in [1.165, 1.54) is 144 Å². The molecule has 0 aliphatic heterocycles. The Hall–Kier alpha value is -1.76. The second-order valence-corrected chi connectivity index (χ2v) is 10.4. The lowest BCUT2D eigenvalue weighted by atomic mass is 9.99. The zero-order valence-corrected chi connectivity index (χ0v) is 22.8. The molecule has 0 amide bonds. The molecule has 0 heterocycles. The fourth-order valence-electron chi connectivity index (χ4n) is 4.84. The van der Waals surface area contributed by atoms with Gasteiger partial charge >= 0.3 is 0 Å². The number of nitrogens with one attached hydrogen (secondary N) is 1. The van der Waals surface area contributed by atoms with Crippen molar-refractivity contribution in [2.24, 2.45) is 0 Å². The number of hydrogen-bond donors (Lipinski definition) is 1. The number of unbranched alkanes of at least 4 members (excludes halogenated alkanes) is 12. The van der Waals surface area contributed by atoms with Gasteiger partial charge in [-0.3, -0.25) is 0 Å². The summed E-state index contributed by atoms with van der Waals surface area (Å²) in [5.41, 5.74) is 6.96. The quantitative estimate of drug-likeness (QED) is 0.192. The largest absolute Gasteiger partial charge is 0.356 e. The SMILES string of the molecule is CCCCCCCc1ccc(Nc2cc(CCCCCCC)cc(CCCCCCC)c2)cc1. The topological polar surface area (TPSA) is 12.0 Å². The van der Waals surface area contributed by atoms with Crippen LogP contribution in [0.1, 0.15) is 134 Å². The van der Waals surface area contributed by atoms with Crippen LogP contribution in [0.25, 0.3) is 0 Å². The van der Waals surface area contributed by atoms with E-state index in [1.54, 1.807) is 0 Å². The summed E-state index contributed by atoms with van der Waals surface area (Å²) in [4.78, 5) is 0. The Bertz CT molecular complexity index is 713. The average Bonchev–Trinajstić information content (AvgIpc) is 2.85. The normalized spacial score (nSPS) is 11.1. The number of hydrogen-bond acceptors (Lipinski definition) is 1. The molecule has 0 saturated heterocycles. The third-order valence-electron chi connectivity index (χ3n) is 7.00. The van der Waals surface area contributed by atoms with Gasteiger partial charge in [0.1, 0.15) is 0 Å². The maximum Gasteiger partial charge on any atom is 0.0389 e. The molecular formula is C33H53N. The first-order valence-corrected chi connectivity index (χ1v) is 14.7. The molecule has 0 aliphatic carbocycles. The average molecular weight is 464 g/mol. The van der Waals surface area contributed by atoms with E-state index in [4.69, 9.17) is 0 Å². The zero-order valence-electron chi connectivity index (χ0n) is 22.8. The first kappa shape index (κ1) is 28.5. The highest BCUT2D eigenvalue weighted by atomic mass is 14.9. The fraction of sp³-hybridized carbons (Fsp3) is 0.636. The van der Waals surface area contributed by atoms with Crippen LogP contribution in [0.3, 0.4) is 0 Å². The van der Waals surface area contributed by atoms with Crippen LogP contribution in [-0.4, -0.2) is 0 Å². The van der Waals surface area contributed by atoms with E-state index >= 15 is 0 Å². The van der Waals surface area contributed by atoms with Crippen molar-refractivity contribution in [2.75, 3.05) is 5.32 Å². The fourth-order valence-corrected chi connectivity index (χ4v) is 4.84. The van der Waals surface area contributed by atoms with E-state index in [2.05, 4.69) is 68.6 Å². The van der Waals surface area contributed by atoms with Crippen LogP contribution < -0.4 is 5.32 Å². The summed E-state index contributed by atoms with van der Waals surface area (Å²) in [5.74, 6) is 0. The molecule has 0 fully saturated rings. The van der Waals surface area contributed by atoms with Crippen molar-refractivity contribution in [2.45, 2.75) is 136 Å². The summed E-state index contributed by atoms with van der Waals surface area (Å²) in [6.45, 7) is 6.87. The molecular weight excluding hydrogens is 410 g/mol. The van der Waals surface area contributed by atoms with Crippen LogP contribution >= 0.6 is 0 Å². The van der Waals surface area contributed by atoms with Gasteiger partial charge in [-0.1, -0.05) is 116 Å². The van der Waals surface area contributed by atoms with Crippen molar-refractivity contribution in [3.63, 3.8) is 0 Å².